The van der Waals surface area contributed by atoms with Gasteiger partial charge in [-0.3, -0.25) is 9.63 Å². The molecule has 0 radical (unpaired) electrons. The Morgan fingerprint density at radius 2 is 1.87 bits per heavy atom. The van der Waals surface area contributed by atoms with E-state index in [0.29, 0.717) is 5.92 Å². The fourth-order valence-electron chi connectivity index (χ4n) is 2.76. The van der Waals surface area contributed by atoms with E-state index in [1.54, 1.807) is 0 Å². The van der Waals surface area contributed by atoms with Crippen LogP contribution in [0.1, 0.15) is 51.9 Å². The molecule has 2 atom stereocenters. The number of hydrogen-bond acceptors (Lipinski definition) is 2. The topological polar surface area (TPSA) is 38.3 Å². The molecular weight excluding hydrogens is 190 g/mol. The van der Waals surface area contributed by atoms with Crippen LogP contribution >= 0.6 is 0 Å². The summed E-state index contributed by atoms with van der Waals surface area (Å²) in [6, 6.07) is 0. The Bertz CT molecular complexity index is 224. The van der Waals surface area contributed by atoms with Crippen LogP contribution in [0.15, 0.2) is 0 Å². The Hall–Kier alpha value is -0.570. The highest BCUT2D eigenvalue weighted by Gasteiger charge is 2.30. The maximum atomic E-state index is 11.8. The van der Waals surface area contributed by atoms with Crippen LogP contribution in [0.25, 0.3) is 0 Å². The third-order valence-electron chi connectivity index (χ3n) is 3.83. The first-order valence-electron chi connectivity index (χ1n) is 6.23. The van der Waals surface area contributed by atoms with E-state index in [1.807, 2.05) is 0 Å². The molecule has 2 unspecified atom stereocenters. The highest BCUT2D eigenvalue weighted by Crippen LogP contribution is 2.31. The molecule has 2 saturated carbocycles. The van der Waals surface area contributed by atoms with Gasteiger partial charge in [-0.05, 0) is 31.6 Å². The normalized spacial score (nSPS) is 32.1. The molecule has 0 aliphatic heterocycles. The first kappa shape index (κ1) is 10.9. The fourth-order valence-corrected chi connectivity index (χ4v) is 2.76. The lowest BCUT2D eigenvalue weighted by Gasteiger charge is -2.17. The molecular formula is C12H21NO2. The molecule has 2 fully saturated rings. The molecule has 15 heavy (non-hydrogen) atoms. The van der Waals surface area contributed by atoms with Crippen molar-refractivity contribution >= 4 is 5.91 Å². The summed E-state index contributed by atoms with van der Waals surface area (Å²) in [5, 5.41) is 0. The zero-order valence-corrected chi connectivity index (χ0v) is 9.50. The Balaban J connectivity index is 1.71. The SMILES string of the molecule is CC1CCCC1C(=O)NOC1CCCC1. The third kappa shape index (κ3) is 2.71. The van der Waals surface area contributed by atoms with E-state index in [-0.39, 0.29) is 17.9 Å². The molecule has 3 nitrogen and oxygen atoms in total. The van der Waals surface area contributed by atoms with Gasteiger partial charge < -0.3 is 0 Å². The lowest BCUT2D eigenvalue weighted by Crippen LogP contribution is -2.34. The van der Waals surface area contributed by atoms with E-state index in [0.717, 1.165) is 19.3 Å². The van der Waals surface area contributed by atoms with Gasteiger partial charge in [0, 0.05) is 5.92 Å². The van der Waals surface area contributed by atoms with Crippen LogP contribution in [-0.2, 0) is 9.63 Å². The number of carbonyl (C=O) groups is 1. The van der Waals surface area contributed by atoms with Gasteiger partial charge in [0.1, 0.15) is 0 Å². The van der Waals surface area contributed by atoms with E-state index >= 15 is 0 Å². The molecule has 1 N–H and O–H groups in total. The van der Waals surface area contributed by atoms with Gasteiger partial charge in [-0.25, -0.2) is 5.48 Å². The standard InChI is InChI=1S/C12H21NO2/c1-9-5-4-8-11(9)12(14)13-15-10-6-2-3-7-10/h9-11H,2-8H2,1H3,(H,13,14). The number of hydrogen-bond donors (Lipinski definition) is 1. The largest absolute Gasteiger partial charge is 0.272 e. The first-order chi connectivity index (χ1) is 7.27. The number of nitrogens with one attached hydrogen (secondary N) is 1. The smallest absolute Gasteiger partial charge is 0.246 e. The van der Waals surface area contributed by atoms with Gasteiger partial charge >= 0.3 is 0 Å². The Kier molecular flexibility index (Phi) is 3.62. The van der Waals surface area contributed by atoms with Crippen LogP contribution in [0, 0.1) is 11.8 Å². The lowest BCUT2D eigenvalue weighted by atomic mass is 9.98. The molecule has 2 aliphatic carbocycles. The number of rotatable bonds is 3. The highest BCUT2D eigenvalue weighted by molar-refractivity contribution is 5.78. The van der Waals surface area contributed by atoms with Crippen LogP contribution in [0.2, 0.25) is 0 Å². The molecule has 0 bridgehead atoms. The number of hydroxylamine groups is 1. The second-order valence-corrected chi connectivity index (χ2v) is 5.01. The molecule has 0 aromatic heterocycles. The molecule has 86 valence electrons. The zero-order valence-electron chi connectivity index (χ0n) is 9.50. The second kappa shape index (κ2) is 4.97. The number of carbonyl (C=O) groups excluding carboxylic acids is 1. The summed E-state index contributed by atoms with van der Waals surface area (Å²) in [6.07, 6.45) is 8.33. The predicted molar refractivity (Wildman–Crippen MR) is 58.0 cm³/mol. The minimum absolute atomic E-state index is 0.104. The van der Waals surface area contributed by atoms with E-state index < -0.39 is 0 Å². The van der Waals surface area contributed by atoms with Crippen LogP contribution in [0.3, 0.4) is 0 Å². The molecule has 0 aromatic rings. The average molecular weight is 211 g/mol. The second-order valence-electron chi connectivity index (χ2n) is 5.01. The maximum Gasteiger partial charge on any atom is 0.246 e. The van der Waals surface area contributed by atoms with E-state index in [2.05, 4.69) is 12.4 Å². The van der Waals surface area contributed by atoms with Crippen molar-refractivity contribution in [3.63, 3.8) is 0 Å². The molecule has 2 rings (SSSR count). The van der Waals surface area contributed by atoms with Gasteiger partial charge in [0.15, 0.2) is 0 Å². The summed E-state index contributed by atoms with van der Waals surface area (Å²) in [7, 11) is 0. The van der Waals surface area contributed by atoms with Gasteiger partial charge in [-0.1, -0.05) is 26.2 Å². The molecule has 0 spiro atoms. The van der Waals surface area contributed by atoms with E-state index in [9.17, 15) is 4.79 Å². The van der Waals surface area contributed by atoms with Crippen LogP contribution in [0.5, 0.6) is 0 Å². The Labute approximate surface area is 91.5 Å². The zero-order chi connectivity index (χ0) is 10.7. The summed E-state index contributed by atoms with van der Waals surface area (Å²) < 4.78 is 0. The van der Waals surface area contributed by atoms with Gasteiger partial charge in [0.05, 0.1) is 6.10 Å². The third-order valence-corrected chi connectivity index (χ3v) is 3.83. The summed E-state index contributed by atoms with van der Waals surface area (Å²) in [5.74, 6) is 0.815. The highest BCUT2D eigenvalue weighted by atomic mass is 16.7. The monoisotopic (exact) mass is 211 g/mol. The minimum Gasteiger partial charge on any atom is -0.272 e. The fraction of sp³-hybridized carbons (Fsp3) is 0.917. The number of amides is 1. The molecule has 0 heterocycles. The van der Waals surface area contributed by atoms with Crippen molar-refractivity contribution in [2.24, 2.45) is 11.8 Å². The van der Waals surface area contributed by atoms with Crippen LogP contribution < -0.4 is 5.48 Å². The summed E-state index contributed by atoms with van der Waals surface area (Å²) in [6.45, 7) is 2.16. The first-order valence-corrected chi connectivity index (χ1v) is 6.23. The van der Waals surface area contributed by atoms with E-state index in [1.165, 1.54) is 25.7 Å². The van der Waals surface area contributed by atoms with Crippen LogP contribution in [-0.4, -0.2) is 12.0 Å². The Morgan fingerprint density at radius 3 is 2.47 bits per heavy atom. The van der Waals surface area contributed by atoms with Gasteiger partial charge in [-0.2, -0.15) is 0 Å². The molecule has 2 aliphatic rings. The van der Waals surface area contributed by atoms with Crippen molar-refractivity contribution in [2.75, 3.05) is 0 Å². The van der Waals surface area contributed by atoms with Crippen molar-refractivity contribution in [1.29, 1.82) is 0 Å². The molecule has 0 aromatic carbocycles. The van der Waals surface area contributed by atoms with Gasteiger partial charge in [-0.15, -0.1) is 0 Å². The van der Waals surface area contributed by atoms with Gasteiger partial charge in [0.2, 0.25) is 5.91 Å². The quantitative estimate of drug-likeness (QED) is 0.728. The van der Waals surface area contributed by atoms with Crippen molar-refractivity contribution in [2.45, 2.75) is 58.0 Å². The average Bonchev–Trinajstić information content (AvgIpc) is 2.84. The summed E-state index contributed by atoms with van der Waals surface area (Å²) >= 11 is 0. The molecule has 1 amide bonds. The minimum atomic E-state index is 0.104. The molecule has 0 saturated heterocycles. The van der Waals surface area contributed by atoms with Crippen molar-refractivity contribution in [3.8, 4) is 0 Å². The summed E-state index contributed by atoms with van der Waals surface area (Å²) in [5.41, 5.74) is 2.66. The van der Waals surface area contributed by atoms with Crippen molar-refractivity contribution < 1.29 is 9.63 Å². The lowest BCUT2D eigenvalue weighted by molar-refractivity contribution is -0.143. The molecule has 3 heteroatoms. The Morgan fingerprint density at radius 1 is 1.13 bits per heavy atom. The van der Waals surface area contributed by atoms with Crippen molar-refractivity contribution in [1.82, 2.24) is 5.48 Å². The van der Waals surface area contributed by atoms with Crippen molar-refractivity contribution in [3.05, 3.63) is 0 Å². The van der Waals surface area contributed by atoms with E-state index in [4.69, 9.17) is 4.84 Å². The van der Waals surface area contributed by atoms with Crippen LogP contribution in [0.4, 0.5) is 0 Å². The predicted octanol–water partition coefficient (Wildman–Crippen LogP) is 2.41. The summed E-state index contributed by atoms with van der Waals surface area (Å²) in [4.78, 5) is 17.2. The van der Waals surface area contributed by atoms with Gasteiger partial charge in [0.25, 0.3) is 0 Å². The maximum absolute atomic E-state index is 11.8.